The number of rotatable bonds is 6. The molecule has 6 nitrogen and oxygen atoms in total. The van der Waals surface area contributed by atoms with Gasteiger partial charge in [0.15, 0.2) is 5.13 Å². The average molecular weight is 375 g/mol. The summed E-state index contributed by atoms with van der Waals surface area (Å²) in [5.74, 6) is 0.404. The van der Waals surface area contributed by atoms with Gasteiger partial charge >= 0.3 is 0 Å². The number of amides is 2. The molecule has 130 valence electrons. The highest BCUT2D eigenvalue weighted by atomic mass is 32.2. The zero-order valence-corrected chi connectivity index (χ0v) is 15.4. The van der Waals surface area contributed by atoms with Gasteiger partial charge in [0, 0.05) is 12.4 Å². The molecule has 2 aromatic rings. The monoisotopic (exact) mass is 375 g/mol. The first-order valence-corrected chi connectivity index (χ1v) is 9.32. The van der Waals surface area contributed by atoms with Crippen LogP contribution in [0.25, 0.3) is 6.08 Å². The molecule has 0 aliphatic carbocycles. The molecule has 0 spiro atoms. The van der Waals surface area contributed by atoms with Crippen LogP contribution in [0.1, 0.15) is 11.3 Å². The summed E-state index contributed by atoms with van der Waals surface area (Å²) in [5.41, 5.74) is 1.86. The van der Waals surface area contributed by atoms with E-state index in [1.54, 1.807) is 17.4 Å². The van der Waals surface area contributed by atoms with Crippen molar-refractivity contribution in [1.29, 1.82) is 0 Å². The summed E-state index contributed by atoms with van der Waals surface area (Å²) in [4.78, 5) is 29.6. The van der Waals surface area contributed by atoms with E-state index < -0.39 is 0 Å². The summed E-state index contributed by atoms with van der Waals surface area (Å²) in [7, 11) is 1.99. The van der Waals surface area contributed by atoms with Gasteiger partial charge in [0.05, 0.1) is 17.1 Å². The van der Waals surface area contributed by atoms with Crippen LogP contribution >= 0.6 is 23.1 Å². The Bertz CT molecular complexity index is 815. The normalized spacial score (nSPS) is 15.5. The van der Waals surface area contributed by atoms with Crippen molar-refractivity contribution in [2.75, 3.05) is 25.1 Å². The Kier molecular flexibility index (Phi) is 5.40. The van der Waals surface area contributed by atoms with Gasteiger partial charge in [-0.1, -0.05) is 12.1 Å². The van der Waals surface area contributed by atoms with Crippen molar-refractivity contribution in [3.63, 3.8) is 0 Å². The molecule has 1 aliphatic heterocycles. The Morgan fingerprint density at radius 1 is 1.28 bits per heavy atom. The van der Waals surface area contributed by atoms with Gasteiger partial charge in [-0.2, -0.15) is 0 Å². The SMILES string of the molecule is Cc1csc(N(C)CCOc2ccc(/C=C3/SC(=O)NC3=O)cc2)n1. The van der Waals surface area contributed by atoms with Crippen LogP contribution in [-0.4, -0.2) is 36.3 Å². The zero-order valence-electron chi connectivity index (χ0n) is 13.8. The minimum Gasteiger partial charge on any atom is -0.492 e. The highest BCUT2D eigenvalue weighted by molar-refractivity contribution is 8.18. The van der Waals surface area contributed by atoms with E-state index in [9.17, 15) is 9.59 Å². The molecule has 3 rings (SSSR count). The van der Waals surface area contributed by atoms with Crippen molar-refractivity contribution < 1.29 is 14.3 Å². The van der Waals surface area contributed by atoms with Crippen LogP contribution in [0.15, 0.2) is 34.6 Å². The second-order valence-electron chi connectivity index (χ2n) is 5.46. The number of hydrogen-bond donors (Lipinski definition) is 1. The minimum absolute atomic E-state index is 0.337. The first-order chi connectivity index (χ1) is 12.0. The van der Waals surface area contributed by atoms with E-state index in [0.717, 1.165) is 40.4 Å². The lowest BCUT2D eigenvalue weighted by atomic mass is 10.2. The lowest BCUT2D eigenvalue weighted by Crippen LogP contribution is -2.23. The summed E-state index contributed by atoms with van der Waals surface area (Å²) in [6, 6.07) is 7.40. The molecule has 2 heterocycles. The fourth-order valence-corrected chi connectivity index (χ4v) is 3.62. The number of carbonyl (C=O) groups excluding carboxylic acids is 2. The summed E-state index contributed by atoms with van der Waals surface area (Å²) in [6.45, 7) is 3.25. The minimum atomic E-state index is -0.351. The number of ether oxygens (including phenoxy) is 1. The standard InChI is InChI=1S/C17H17N3O3S2/c1-11-10-24-16(18-11)20(2)7-8-23-13-5-3-12(4-6-13)9-14-15(21)19-17(22)25-14/h3-6,9-10H,7-8H2,1-2H3,(H,19,21,22)/b14-9+. The quantitative estimate of drug-likeness (QED) is 0.781. The molecule has 1 aromatic carbocycles. The van der Waals surface area contributed by atoms with Gasteiger partial charge in [-0.3, -0.25) is 14.9 Å². The Labute approximate surface area is 153 Å². The largest absolute Gasteiger partial charge is 0.492 e. The molecule has 8 heteroatoms. The molecule has 2 amide bonds. The fourth-order valence-electron chi connectivity index (χ4n) is 2.15. The number of nitrogens with zero attached hydrogens (tertiary/aromatic N) is 2. The molecule has 1 aliphatic rings. The number of benzene rings is 1. The summed E-state index contributed by atoms with van der Waals surface area (Å²) < 4.78 is 5.74. The number of nitrogens with one attached hydrogen (secondary N) is 1. The topological polar surface area (TPSA) is 71.5 Å². The second kappa shape index (κ2) is 7.71. The lowest BCUT2D eigenvalue weighted by Gasteiger charge is -2.16. The summed E-state index contributed by atoms with van der Waals surface area (Å²) in [6.07, 6.45) is 1.69. The third-order valence-corrected chi connectivity index (χ3v) is 5.33. The van der Waals surface area contributed by atoms with E-state index in [1.165, 1.54) is 0 Å². The van der Waals surface area contributed by atoms with Crippen molar-refractivity contribution >= 4 is 45.5 Å². The Hall–Kier alpha value is -2.32. The molecule has 0 unspecified atom stereocenters. The first-order valence-electron chi connectivity index (χ1n) is 7.62. The number of carbonyl (C=O) groups is 2. The Balaban J connectivity index is 1.52. The maximum Gasteiger partial charge on any atom is 0.290 e. The Morgan fingerprint density at radius 2 is 2.04 bits per heavy atom. The van der Waals surface area contributed by atoms with E-state index in [4.69, 9.17) is 4.74 Å². The smallest absolute Gasteiger partial charge is 0.290 e. The highest BCUT2D eigenvalue weighted by Crippen LogP contribution is 2.26. The van der Waals surface area contributed by atoms with Crippen molar-refractivity contribution in [2.24, 2.45) is 0 Å². The number of aryl methyl sites for hydroxylation is 1. The van der Waals surface area contributed by atoms with E-state index in [1.807, 2.05) is 43.6 Å². The van der Waals surface area contributed by atoms with E-state index in [-0.39, 0.29) is 11.1 Å². The molecule has 1 saturated heterocycles. The maximum absolute atomic E-state index is 11.5. The molecule has 0 saturated carbocycles. The third-order valence-electron chi connectivity index (χ3n) is 3.45. The van der Waals surface area contributed by atoms with E-state index >= 15 is 0 Å². The number of thioether (sulfide) groups is 1. The van der Waals surface area contributed by atoms with Crippen LogP contribution in [0, 0.1) is 6.92 Å². The number of aromatic nitrogens is 1. The maximum atomic E-state index is 11.5. The van der Waals surface area contributed by atoms with Crippen LogP contribution in [0.2, 0.25) is 0 Å². The number of hydrogen-bond acceptors (Lipinski definition) is 7. The van der Waals surface area contributed by atoms with Crippen LogP contribution < -0.4 is 15.0 Å². The molecular weight excluding hydrogens is 358 g/mol. The highest BCUT2D eigenvalue weighted by Gasteiger charge is 2.24. The molecular formula is C17H17N3O3S2. The summed E-state index contributed by atoms with van der Waals surface area (Å²) >= 11 is 2.52. The van der Waals surface area contributed by atoms with Gasteiger partial charge < -0.3 is 9.64 Å². The molecule has 0 bridgehead atoms. The predicted molar refractivity (Wildman–Crippen MR) is 101 cm³/mol. The number of anilines is 1. The molecule has 1 aromatic heterocycles. The van der Waals surface area contributed by atoms with E-state index in [2.05, 4.69) is 15.2 Å². The van der Waals surface area contributed by atoms with Gasteiger partial charge in [0.1, 0.15) is 12.4 Å². The van der Waals surface area contributed by atoms with Crippen molar-refractivity contribution in [3.05, 3.63) is 45.8 Å². The molecule has 1 fully saturated rings. The first kappa shape index (κ1) is 17.5. The number of likely N-dealkylation sites (N-methyl/N-ethyl adjacent to an activating group) is 1. The third kappa shape index (κ3) is 4.61. The molecule has 0 atom stereocenters. The van der Waals surface area contributed by atoms with Crippen LogP contribution in [0.3, 0.4) is 0 Å². The van der Waals surface area contributed by atoms with Crippen LogP contribution in [-0.2, 0) is 4.79 Å². The van der Waals surface area contributed by atoms with Crippen molar-refractivity contribution in [3.8, 4) is 5.75 Å². The Morgan fingerprint density at radius 3 is 2.64 bits per heavy atom. The second-order valence-corrected chi connectivity index (χ2v) is 7.31. The molecule has 0 radical (unpaired) electrons. The predicted octanol–water partition coefficient (Wildman–Crippen LogP) is 3.29. The fraction of sp³-hybridized carbons (Fsp3) is 0.235. The zero-order chi connectivity index (χ0) is 17.8. The number of thiazole rings is 1. The van der Waals surface area contributed by atoms with Crippen LogP contribution in [0.5, 0.6) is 5.75 Å². The lowest BCUT2D eigenvalue weighted by molar-refractivity contribution is -0.115. The van der Waals surface area contributed by atoms with E-state index in [0.29, 0.717) is 11.5 Å². The summed E-state index contributed by atoms with van der Waals surface area (Å²) in [5, 5.41) is 4.90. The van der Waals surface area contributed by atoms with Gasteiger partial charge in [0.25, 0.3) is 11.1 Å². The number of imide groups is 1. The van der Waals surface area contributed by atoms with Gasteiger partial charge in [-0.15, -0.1) is 11.3 Å². The van der Waals surface area contributed by atoms with Crippen molar-refractivity contribution in [2.45, 2.75) is 6.92 Å². The van der Waals surface area contributed by atoms with Gasteiger partial charge in [-0.25, -0.2) is 4.98 Å². The average Bonchev–Trinajstić information content (AvgIpc) is 3.14. The van der Waals surface area contributed by atoms with Crippen molar-refractivity contribution in [1.82, 2.24) is 10.3 Å². The van der Waals surface area contributed by atoms with Gasteiger partial charge in [-0.05, 0) is 42.5 Å². The molecule has 25 heavy (non-hydrogen) atoms. The molecule has 1 N–H and O–H groups in total. The van der Waals surface area contributed by atoms with Gasteiger partial charge in [0.2, 0.25) is 0 Å². The van der Waals surface area contributed by atoms with Crippen LogP contribution in [0.4, 0.5) is 9.93 Å².